The fourth-order valence-electron chi connectivity index (χ4n) is 2.51. The molecule has 0 heterocycles. The molecule has 0 atom stereocenters. The molecule has 104 valence electrons. The fraction of sp³-hybridized carbons (Fsp3) is 0.562. The third kappa shape index (κ3) is 4.35. The van der Waals surface area contributed by atoms with Gasteiger partial charge in [-0.1, -0.05) is 30.3 Å². The fourth-order valence-corrected chi connectivity index (χ4v) is 2.51. The molecular formula is C16H22O3. The average Bonchev–Trinajstić information content (AvgIpc) is 2.47. The molecule has 1 aliphatic rings. The monoisotopic (exact) mass is 262 g/mol. The molecule has 0 amide bonds. The zero-order chi connectivity index (χ0) is 13.5. The van der Waals surface area contributed by atoms with Crippen LogP contribution in [0.2, 0.25) is 0 Å². The highest BCUT2D eigenvalue weighted by molar-refractivity contribution is 5.72. The average molecular weight is 262 g/mol. The molecule has 0 aliphatic heterocycles. The summed E-state index contributed by atoms with van der Waals surface area (Å²) in [6.07, 6.45) is 3.97. The van der Waals surface area contributed by atoms with Crippen molar-refractivity contribution in [3.63, 3.8) is 0 Å². The highest BCUT2D eigenvalue weighted by Gasteiger charge is 2.27. The van der Waals surface area contributed by atoms with Crippen LogP contribution < -0.4 is 0 Å². The summed E-state index contributed by atoms with van der Waals surface area (Å²) in [5, 5.41) is 0. The van der Waals surface area contributed by atoms with E-state index >= 15 is 0 Å². The molecule has 0 N–H and O–H groups in total. The lowest BCUT2D eigenvalue weighted by atomic mass is 9.87. The molecule has 19 heavy (non-hydrogen) atoms. The Morgan fingerprint density at radius 2 is 1.84 bits per heavy atom. The molecule has 2 rings (SSSR count). The molecule has 1 fully saturated rings. The van der Waals surface area contributed by atoms with Crippen LogP contribution in [0.4, 0.5) is 0 Å². The van der Waals surface area contributed by atoms with E-state index in [2.05, 4.69) is 12.1 Å². The minimum atomic E-state index is -0.0380. The molecular weight excluding hydrogens is 240 g/mol. The minimum Gasteiger partial charge on any atom is -0.466 e. The van der Waals surface area contributed by atoms with Gasteiger partial charge in [0, 0.05) is 0 Å². The number of carbonyl (C=O) groups excluding carboxylic acids is 1. The van der Waals surface area contributed by atoms with Gasteiger partial charge in [-0.25, -0.2) is 0 Å². The van der Waals surface area contributed by atoms with E-state index in [1.54, 1.807) is 0 Å². The SMILES string of the molecule is CCOC(=O)[C@H]1CC[C@@H](OCc2ccccc2)CC1. The van der Waals surface area contributed by atoms with Gasteiger partial charge in [-0.3, -0.25) is 4.79 Å². The second-order valence-electron chi connectivity index (χ2n) is 5.02. The summed E-state index contributed by atoms with van der Waals surface area (Å²) in [6.45, 7) is 2.99. The van der Waals surface area contributed by atoms with Crippen molar-refractivity contribution in [2.45, 2.75) is 45.3 Å². The van der Waals surface area contributed by atoms with Crippen LogP contribution in [0.25, 0.3) is 0 Å². The molecule has 1 aliphatic carbocycles. The van der Waals surface area contributed by atoms with E-state index in [-0.39, 0.29) is 18.0 Å². The lowest BCUT2D eigenvalue weighted by molar-refractivity contribution is -0.150. The topological polar surface area (TPSA) is 35.5 Å². The van der Waals surface area contributed by atoms with Gasteiger partial charge in [0.15, 0.2) is 0 Å². The van der Waals surface area contributed by atoms with Crippen LogP contribution in [0.5, 0.6) is 0 Å². The number of esters is 1. The molecule has 0 radical (unpaired) electrons. The van der Waals surface area contributed by atoms with E-state index in [0.717, 1.165) is 25.7 Å². The molecule has 1 aromatic carbocycles. The van der Waals surface area contributed by atoms with Gasteiger partial charge in [-0.05, 0) is 38.2 Å². The zero-order valence-corrected chi connectivity index (χ0v) is 11.5. The second-order valence-corrected chi connectivity index (χ2v) is 5.02. The number of benzene rings is 1. The van der Waals surface area contributed by atoms with Gasteiger partial charge in [0.05, 0.1) is 25.2 Å². The Bertz CT molecular complexity index is 380. The lowest BCUT2D eigenvalue weighted by Gasteiger charge is -2.27. The smallest absolute Gasteiger partial charge is 0.308 e. The van der Waals surface area contributed by atoms with E-state index < -0.39 is 0 Å². The second kappa shape index (κ2) is 7.29. The summed E-state index contributed by atoms with van der Waals surface area (Å²) in [5.41, 5.74) is 1.20. The number of rotatable bonds is 5. The van der Waals surface area contributed by atoms with Crippen LogP contribution in [-0.2, 0) is 20.9 Å². The highest BCUT2D eigenvalue weighted by atomic mass is 16.5. The first-order valence-corrected chi connectivity index (χ1v) is 7.11. The third-order valence-electron chi connectivity index (χ3n) is 3.62. The Morgan fingerprint density at radius 3 is 2.47 bits per heavy atom. The van der Waals surface area contributed by atoms with Crippen LogP contribution in [0.1, 0.15) is 38.2 Å². The van der Waals surface area contributed by atoms with Gasteiger partial charge in [-0.2, -0.15) is 0 Å². The number of hydrogen-bond acceptors (Lipinski definition) is 3. The summed E-state index contributed by atoms with van der Waals surface area (Å²) < 4.78 is 11.0. The summed E-state index contributed by atoms with van der Waals surface area (Å²) in [5.74, 6) is 0.0422. The largest absolute Gasteiger partial charge is 0.466 e. The maximum absolute atomic E-state index is 11.6. The predicted molar refractivity (Wildman–Crippen MR) is 73.6 cm³/mol. The van der Waals surface area contributed by atoms with Gasteiger partial charge in [-0.15, -0.1) is 0 Å². The molecule has 3 nitrogen and oxygen atoms in total. The van der Waals surface area contributed by atoms with Crippen molar-refractivity contribution in [2.24, 2.45) is 5.92 Å². The van der Waals surface area contributed by atoms with E-state index in [1.807, 2.05) is 25.1 Å². The number of carbonyl (C=O) groups is 1. The first kappa shape index (κ1) is 14.1. The van der Waals surface area contributed by atoms with Crippen molar-refractivity contribution in [3.05, 3.63) is 35.9 Å². The first-order chi connectivity index (χ1) is 9.29. The maximum Gasteiger partial charge on any atom is 0.308 e. The summed E-state index contributed by atoms with van der Waals surface area (Å²) in [4.78, 5) is 11.6. The van der Waals surface area contributed by atoms with Crippen molar-refractivity contribution >= 4 is 5.97 Å². The van der Waals surface area contributed by atoms with Crippen molar-refractivity contribution in [1.82, 2.24) is 0 Å². The molecule has 0 saturated heterocycles. The molecule has 0 aromatic heterocycles. The lowest BCUT2D eigenvalue weighted by Crippen LogP contribution is -2.27. The van der Waals surface area contributed by atoms with E-state index in [0.29, 0.717) is 13.2 Å². The van der Waals surface area contributed by atoms with Gasteiger partial charge in [0.1, 0.15) is 0 Å². The summed E-state index contributed by atoms with van der Waals surface area (Å²) in [6, 6.07) is 10.2. The third-order valence-corrected chi connectivity index (χ3v) is 3.62. The van der Waals surface area contributed by atoms with Crippen molar-refractivity contribution < 1.29 is 14.3 Å². The number of ether oxygens (including phenoxy) is 2. The summed E-state index contributed by atoms with van der Waals surface area (Å²) in [7, 11) is 0. The first-order valence-electron chi connectivity index (χ1n) is 7.11. The van der Waals surface area contributed by atoms with Crippen molar-refractivity contribution in [2.75, 3.05) is 6.61 Å². The van der Waals surface area contributed by atoms with E-state index in [1.165, 1.54) is 5.56 Å². The van der Waals surface area contributed by atoms with E-state index in [9.17, 15) is 4.79 Å². The summed E-state index contributed by atoms with van der Waals surface area (Å²) >= 11 is 0. The van der Waals surface area contributed by atoms with Crippen molar-refractivity contribution in [3.8, 4) is 0 Å². The molecule has 0 bridgehead atoms. The molecule has 1 saturated carbocycles. The maximum atomic E-state index is 11.6. The predicted octanol–water partition coefficient (Wildman–Crippen LogP) is 3.33. The normalized spacial score (nSPS) is 23.0. The Morgan fingerprint density at radius 1 is 1.16 bits per heavy atom. The molecule has 0 unspecified atom stereocenters. The molecule has 3 heteroatoms. The zero-order valence-electron chi connectivity index (χ0n) is 11.5. The van der Waals surface area contributed by atoms with Gasteiger partial charge in [0.2, 0.25) is 0 Å². The highest BCUT2D eigenvalue weighted by Crippen LogP contribution is 2.27. The van der Waals surface area contributed by atoms with E-state index in [4.69, 9.17) is 9.47 Å². The standard InChI is InChI=1S/C16H22O3/c1-2-18-16(17)14-8-10-15(11-9-14)19-12-13-6-4-3-5-7-13/h3-7,14-15H,2,8-12H2,1H3/t14-,15+. The Hall–Kier alpha value is -1.35. The Kier molecular flexibility index (Phi) is 5.40. The van der Waals surface area contributed by atoms with Crippen molar-refractivity contribution in [1.29, 1.82) is 0 Å². The van der Waals surface area contributed by atoms with Gasteiger partial charge < -0.3 is 9.47 Å². The minimum absolute atomic E-state index is 0.0380. The van der Waals surface area contributed by atoms with Crippen LogP contribution in [0, 0.1) is 5.92 Å². The number of hydrogen-bond donors (Lipinski definition) is 0. The molecule has 0 spiro atoms. The van der Waals surface area contributed by atoms with Gasteiger partial charge >= 0.3 is 5.97 Å². The quantitative estimate of drug-likeness (QED) is 0.764. The Balaban J connectivity index is 1.70. The van der Waals surface area contributed by atoms with Gasteiger partial charge in [0.25, 0.3) is 0 Å². The van der Waals surface area contributed by atoms with Crippen LogP contribution >= 0.6 is 0 Å². The van der Waals surface area contributed by atoms with Crippen LogP contribution in [-0.4, -0.2) is 18.7 Å². The molecule has 1 aromatic rings. The van der Waals surface area contributed by atoms with Crippen LogP contribution in [0.15, 0.2) is 30.3 Å². The van der Waals surface area contributed by atoms with Crippen LogP contribution in [0.3, 0.4) is 0 Å². The Labute approximate surface area is 114 Å².